The normalized spacial score (nSPS) is 25.5. The number of hydrogen-bond acceptors (Lipinski definition) is 2. The third-order valence-electron chi connectivity index (χ3n) is 4.63. The van der Waals surface area contributed by atoms with Crippen LogP contribution in [0.1, 0.15) is 50.2 Å². The molecule has 1 aromatic rings. The van der Waals surface area contributed by atoms with E-state index in [0.717, 1.165) is 25.0 Å². The van der Waals surface area contributed by atoms with E-state index in [1.54, 1.807) is 0 Å². The molecule has 24 heavy (non-hydrogen) atoms. The maximum absolute atomic E-state index is 13.5. The second-order valence-corrected chi connectivity index (χ2v) is 7.00. The summed E-state index contributed by atoms with van der Waals surface area (Å²) in [6.45, 7) is 3.96. The Morgan fingerprint density at radius 3 is 2.38 bits per heavy atom. The van der Waals surface area contributed by atoms with Crippen molar-refractivity contribution >= 4 is 0 Å². The van der Waals surface area contributed by atoms with Crippen LogP contribution in [-0.4, -0.2) is 37.2 Å². The van der Waals surface area contributed by atoms with E-state index < -0.39 is 17.6 Å². The number of rotatable bonds is 4. The highest BCUT2D eigenvalue weighted by atomic mass is 19.4. The van der Waals surface area contributed by atoms with E-state index in [2.05, 4.69) is 4.90 Å². The van der Waals surface area contributed by atoms with E-state index in [9.17, 15) is 17.6 Å². The van der Waals surface area contributed by atoms with E-state index >= 15 is 0 Å². The molecule has 0 heterocycles. The lowest BCUT2D eigenvalue weighted by Gasteiger charge is -2.40. The molecule has 0 radical (unpaired) electrons. The molecule has 1 fully saturated rings. The molecule has 0 amide bonds. The topological polar surface area (TPSA) is 12.5 Å². The second-order valence-electron chi connectivity index (χ2n) is 7.00. The number of likely N-dealkylation sites (N-methyl/N-ethyl adjacent to an activating group) is 1. The predicted octanol–water partition coefficient (Wildman–Crippen LogP) is 4.84. The summed E-state index contributed by atoms with van der Waals surface area (Å²) in [7, 11) is 3.91. The van der Waals surface area contributed by atoms with Gasteiger partial charge in [-0.2, -0.15) is 13.2 Å². The van der Waals surface area contributed by atoms with Gasteiger partial charge in [0.05, 0.1) is 17.8 Å². The maximum atomic E-state index is 13.5. The smallest absolute Gasteiger partial charge is 0.374 e. The van der Waals surface area contributed by atoms with Crippen molar-refractivity contribution < 1.29 is 22.3 Å². The molecule has 136 valence electrons. The fraction of sp³-hybridized carbons (Fsp3) is 0.667. The molecule has 1 aromatic carbocycles. The summed E-state index contributed by atoms with van der Waals surface area (Å²) in [5.41, 5.74) is -0.625. The van der Waals surface area contributed by atoms with Crippen LogP contribution in [0.2, 0.25) is 0 Å². The van der Waals surface area contributed by atoms with Crippen LogP contribution in [0.3, 0.4) is 0 Å². The second kappa shape index (κ2) is 7.40. The molecule has 3 atom stereocenters. The Morgan fingerprint density at radius 2 is 1.83 bits per heavy atom. The monoisotopic (exact) mass is 347 g/mol. The highest BCUT2D eigenvalue weighted by molar-refractivity contribution is 5.30. The van der Waals surface area contributed by atoms with Gasteiger partial charge in [0.25, 0.3) is 0 Å². The third-order valence-corrected chi connectivity index (χ3v) is 4.63. The zero-order chi connectivity index (χ0) is 18.1. The largest absolute Gasteiger partial charge is 0.419 e. The molecule has 0 bridgehead atoms. The summed E-state index contributed by atoms with van der Waals surface area (Å²) in [5, 5.41) is 0. The molecule has 1 saturated carbocycles. The summed E-state index contributed by atoms with van der Waals surface area (Å²) in [6, 6.07) is 3.51. The van der Waals surface area contributed by atoms with Crippen LogP contribution in [0.15, 0.2) is 18.2 Å². The van der Waals surface area contributed by atoms with Crippen molar-refractivity contribution in [2.75, 3.05) is 14.1 Å². The summed E-state index contributed by atoms with van der Waals surface area (Å²) in [5.74, 6) is -1.24. The van der Waals surface area contributed by atoms with Gasteiger partial charge < -0.3 is 9.64 Å². The van der Waals surface area contributed by atoms with Crippen LogP contribution < -0.4 is 0 Å². The molecule has 0 aliphatic heterocycles. The molecule has 2 rings (SSSR count). The molecule has 0 saturated heterocycles. The molecule has 6 heteroatoms. The van der Waals surface area contributed by atoms with Crippen molar-refractivity contribution in [3.8, 4) is 0 Å². The number of ether oxygens (including phenoxy) is 1. The predicted molar refractivity (Wildman–Crippen MR) is 85.5 cm³/mol. The van der Waals surface area contributed by atoms with E-state index in [0.29, 0.717) is 12.0 Å². The first-order chi connectivity index (χ1) is 11.1. The molecule has 0 spiro atoms. The van der Waals surface area contributed by atoms with Gasteiger partial charge in [0.15, 0.2) is 0 Å². The Morgan fingerprint density at radius 1 is 1.17 bits per heavy atom. The van der Waals surface area contributed by atoms with Crippen LogP contribution in [0.25, 0.3) is 0 Å². The molecule has 0 aromatic heterocycles. The minimum Gasteiger partial charge on any atom is -0.374 e. The van der Waals surface area contributed by atoms with Crippen molar-refractivity contribution in [2.24, 2.45) is 0 Å². The van der Waals surface area contributed by atoms with Crippen LogP contribution in [0.4, 0.5) is 17.6 Å². The van der Waals surface area contributed by atoms with E-state index in [1.165, 1.54) is 6.07 Å². The lowest BCUT2D eigenvalue weighted by atomic mass is 9.79. The minimum atomic E-state index is -4.67. The van der Waals surface area contributed by atoms with E-state index in [4.69, 9.17) is 4.74 Å². The standard InChI is InChI=1S/C18H25F4NO/c1-11(2)24-17-8-6-13(10-16(17)23(3)4)12-5-7-15(19)14(9-12)18(20,21)22/h5,7,9,11,13,16-17H,6,8,10H2,1-4H3/t13-,16-,17-/m0/s1. The number of alkyl halides is 3. The first-order valence-electron chi connectivity index (χ1n) is 8.28. The van der Waals surface area contributed by atoms with Gasteiger partial charge in [-0.3, -0.25) is 0 Å². The molecule has 0 N–H and O–H groups in total. The first-order valence-corrected chi connectivity index (χ1v) is 8.28. The first kappa shape index (κ1) is 19.2. The summed E-state index contributed by atoms with van der Waals surface area (Å²) >= 11 is 0. The Labute approximate surface area is 140 Å². The number of hydrogen-bond donors (Lipinski definition) is 0. The average Bonchev–Trinajstić information content (AvgIpc) is 2.46. The lowest BCUT2D eigenvalue weighted by Crippen LogP contribution is -2.45. The van der Waals surface area contributed by atoms with Gasteiger partial charge in [0.1, 0.15) is 5.82 Å². The zero-order valence-corrected chi connectivity index (χ0v) is 14.5. The van der Waals surface area contributed by atoms with Crippen LogP contribution >= 0.6 is 0 Å². The molecule has 1 aliphatic rings. The Hall–Kier alpha value is -1.14. The highest BCUT2D eigenvalue weighted by Gasteiger charge is 2.37. The Kier molecular flexibility index (Phi) is 5.91. The molecule has 1 aliphatic carbocycles. The fourth-order valence-corrected chi connectivity index (χ4v) is 3.49. The van der Waals surface area contributed by atoms with Crippen molar-refractivity contribution in [2.45, 2.75) is 63.5 Å². The maximum Gasteiger partial charge on any atom is 0.419 e. The Bertz CT molecular complexity index is 556. The quantitative estimate of drug-likeness (QED) is 0.723. The number of benzene rings is 1. The van der Waals surface area contributed by atoms with E-state index in [1.807, 2.05) is 27.9 Å². The summed E-state index contributed by atoms with van der Waals surface area (Å²) in [4.78, 5) is 2.06. The molecular formula is C18H25F4NO. The molecule has 2 nitrogen and oxygen atoms in total. The average molecular weight is 347 g/mol. The number of nitrogens with zero attached hydrogens (tertiary/aromatic N) is 1. The third kappa shape index (κ3) is 4.48. The van der Waals surface area contributed by atoms with Gasteiger partial charge in [0.2, 0.25) is 0 Å². The van der Waals surface area contributed by atoms with Gasteiger partial charge in [-0.05, 0) is 70.8 Å². The van der Waals surface area contributed by atoms with Gasteiger partial charge in [-0.15, -0.1) is 0 Å². The Balaban J connectivity index is 2.22. The van der Waals surface area contributed by atoms with Crippen LogP contribution in [0.5, 0.6) is 0 Å². The van der Waals surface area contributed by atoms with E-state index in [-0.39, 0.29) is 24.2 Å². The van der Waals surface area contributed by atoms with Gasteiger partial charge in [0, 0.05) is 6.04 Å². The van der Waals surface area contributed by atoms with Crippen molar-refractivity contribution in [3.05, 3.63) is 35.1 Å². The minimum absolute atomic E-state index is 0.0221. The van der Waals surface area contributed by atoms with Crippen LogP contribution in [0, 0.1) is 5.82 Å². The van der Waals surface area contributed by atoms with Crippen molar-refractivity contribution in [1.82, 2.24) is 4.90 Å². The fourth-order valence-electron chi connectivity index (χ4n) is 3.49. The van der Waals surface area contributed by atoms with Gasteiger partial charge in [-0.1, -0.05) is 6.07 Å². The van der Waals surface area contributed by atoms with Crippen molar-refractivity contribution in [3.63, 3.8) is 0 Å². The van der Waals surface area contributed by atoms with Gasteiger partial charge in [-0.25, -0.2) is 4.39 Å². The van der Waals surface area contributed by atoms with Gasteiger partial charge >= 0.3 is 6.18 Å². The van der Waals surface area contributed by atoms with Crippen LogP contribution in [-0.2, 0) is 10.9 Å². The van der Waals surface area contributed by atoms with Crippen molar-refractivity contribution in [1.29, 1.82) is 0 Å². The number of halogens is 4. The molecule has 0 unspecified atom stereocenters. The summed E-state index contributed by atoms with van der Waals surface area (Å²) < 4.78 is 58.3. The molecular weight excluding hydrogens is 322 g/mol. The highest BCUT2D eigenvalue weighted by Crippen LogP contribution is 2.39. The zero-order valence-electron chi connectivity index (χ0n) is 14.5. The SMILES string of the molecule is CC(C)O[C@H]1CC[C@H](c2ccc(F)c(C(F)(F)F)c2)C[C@@H]1N(C)C. The summed E-state index contributed by atoms with van der Waals surface area (Å²) in [6.07, 6.45) is -2.27. The lowest BCUT2D eigenvalue weighted by molar-refractivity contribution is -0.140.